The summed E-state index contributed by atoms with van der Waals surface area (Å²) in [5.74, 6) is -2.58. The number of nitrogens with two attached hydrogens (primary N) is 1. The van der Waals surface area contributed by atoms with Crippen molar-refractivity contribution in [1.82, 2.24) is 4.57 Å². The molecule has 3 aromatic carbocycles. The van der Waals surface area contributed by atoms with Gasteiger partial charge in [0, 0.05) is 16.5 Å². The maximum Gasteiger partial charge on any atom is 0.263 e. The number of aryl methyl sites for hydroxylation is 1. The Morgan fingerprint density at radius 1 is 0.875 bits per heavy atom. The lowest BCUT2D eigenvalue weighted by molar-refractivity contribution is 0.100. The smallest absolute Gasteiger partial charge is 0.263 e. The Morgan fingerprint density at radius 3 is 2.00 bits per heavy atom. The van der Waals surface area contributed by atoms with Crippen LogP contribution in [0.4, 0.5) is 8.78 Å². The second-order valence-electron chi connectivity index (χ2n) is 7.32. The molecule has 0 spiro atoms. The molecule has 1 aromatic heterocycles. The minimum absolute atomic E-state index is 0.0582. The van der Waals surface area contributed by atoms with Crippen LogP contribution >= 0.6 is 0 Å². The first kappa shape index (κ1) is 22.9. The fraction of sp³-hybridized carbons (Fsp3) is 0.154. The minimum atomic E-state index is -0.902. The van der Waals surface area contributed by atoms with Gasteiger partial charge < -0.3 is 5.73 Å². The standard InChI is InChI=1S/C17H12F2N2O2.C9H12/c1-9-14(16(20)22)10-5-2-3-6-11(10)17(23)21(9)15-12(18)7-4-8-13(15)19;1-2-6-9-7-4-3-5-8-9/h2-8H,1H3,(H2,20,22);3-5,7-8H,2,6H2,1H3. The van der Waals surface area contributed by atoms with Gasteiger partial charge in [0.2, 0.25) is 0 Å². The highest BCUT2D eigenvalue weighted by atomic mass is 19.1. The van der Waals surface area contributed by atoms with E-state index in [0.717, 1.165) is 16.7 Å². The molecule has 6 heteroatoms. The molecule has 0 aliphatic carbocycles. The topological polar surface area (TPSA) is 65.1 Å². The summed E-state index contributed by atoms with van der Waals surface area (Å²) in [6.45, 7) is 3.63. The van der Waals surface area contributed by atoms with Gasteiger partial charge in [0.15, 0.2) is 0 Å². The van der Waals surface area contributed by atoms with Gasteiger partial charge in [-0.3, -0.25) is 14.2 Å². The van der Waals surface area contributed by atoms with E-state index in [2.05, 4.69) is 37.3 Å². The highest BCUT2D eigenvalue weighted by Gasteiger charge is 2.21. The molecule has 0 aliphatic heterocycles. The molecule has 0 unspecified atom stereocenters. The zero-order chi connectivity index (χ0) is 23.3. The van der Waals surface area contributed by atoms with Gasteiger partial charge in [0.1, 0.15) is 17.3 Å². The van der Waals surface area contributed by atoms with E-state index in [9.17, 15) is 18.4 Å². The Balaban J connectivity index is 0.000000269. The Hall–Kier alpha value is -3.80. The van der Waals surface area contributed by atoms with Crippen molar-refractivity contribution in [3.63, 3.8) is 0 Å². The number of para-hydroxylation sites is 1. The number of fused-ring (bicyclic) bond motifs is 1. The van der Waals surface area contributed by atoms with Crippen LogP contribution in [0.2, 0.25) is 0 Å². The average Bonchev–Trinajstić information content (AvgIpc) is 2.77. The first-order valence-corrected chi connectivity index (χ1v) is 10.3. The Labute approximate surface area is 184 Å². The second kappa shape index (κ2) is 10.0. The molecule has 32 heavy (non-hydrogen) atoms. The lowest BCUT2D eigenvalue weighted by Gasteiger charge is -2.16. The molecule has 0 fully saturated rings. The van der Waals surface area contributed by atoms with Crippen molar-refractivity contribution in [2.75, 3.05) is 0 Å². The first-order valence-electron chi connectivity index (χ1n) is 10.3. The van der Waals surface area contributed by atoms with Crippen LogP contribution in [0.5, 0.6) is 0 Å². The van der Waals surface area contributed by atoms with E-state index in [-0.39, 0.29) is 16.6 Å². The molecule has 0 atom stereocenters. The van der Waals surface area contributed by atoms with Crippen molar-refractivity contribution in [3.8, 4) is 5.69 Å². The molecule has 0 radical (unpaired) electrons. The van der Waals surface area contributed by atoms with Crippen LogP contribution < -0.4 is 11.3 Å². The Bertz CT molecular complexity index is 1290. The number of benzene rings is 3. The summed E-state index contributed by atoms with van der Waals surface area (Å²) in [4.78, 5) is 24.5. The summed E-state index contributed by atoms with van der Waals surface area (Å²) in [6, 6.07) is 20.2. The molecular weight excluding hydrogens is 410 g/mol. The third-order valence-corrected chi connectivity index (χ3v) is 5.12. The van der Waals surface area contributed by atoms with Crippen molar-refractivity contribution in [2.45, 2.75) is 26.7 Å². The van der Waals surface area contributed by atoms with Gasteiger partial charge in [-0.25, -0.2) is 8.78 Å². The van der Waals surface area contributed by atoms with Crippen molar-refractivity contribution in [2.24, 2.45) is 5.73 Å². The number of nitrogens with zero attached hydrogens (tertiary/aromatic N) is 1. The van der Waals surface area contributed by atoms with Crippen LogP contribution in [0, 0.1) is 18.6 Å². The summed E-state index contributed by atoms with van der Waals surface area (Å²) < 4.78 is 29.1. The van der Waals surface area contributed by atoms with Gasteiger partial charge in [0.05, 0.1) is 5.56 Å². The molecule has 4 aromatic rings. The zero-order valence-electron chi connectivity index (χ0n) is 17.9. The molecule has 0 bridgehead atoms. The van der Waals surface area contributed by atoms with Crippen LogP contribution in [0.1, 0.15) is 35.0 Å². The number of rotatable bonds is 4. The molecule has 0 aliphatic rings. The third kappa shape index (κ3) is 4.59. The number of primary amides is 1. The van der Waals surface area contributed by atoms with Gasteiger partial charge in [-0.15, -0.1) is 0 Å². The zero-order valence-corrected chi connectivity index (χ0v) is 17.9. The van der Waals surface area contributed by atoms with E-state index in [1.807, 2.05) is 0 Å². The van der Waals surface area contributed by atoms with E-state index in [0.29, 0.717) is 5.39 Å². The number of carbonyl (C=O) groups excluding carboxylic acids is 1. The number of carbonyl (C=O) groups is 1. The average molecular weight is 434 g/mol. The van der Waals surface area contributed by atoms with Gasteiger partial charge in [0.25, 0.3) is 11.5 Å². The molecular formula is C26H24F2N2O2. The Kier molecular flexibility index (Phi) is 7.15. The molecule has 1 heterocycles. The fourth-order valence-corrected chi connectivity index (χ4v) is 3.68. The minimum Gasteiger partial charge on any atom is -0.366 e. The van der Waals surface area contributed by atoms with E-state index >= 15 is 0 Å². The van der Waals surface area contributed by atoms with Crippen LogP contribution in [0.15, 0.2) is 77.6 Å². The number of hydrogen-bond acceptors (Lipinski definition) is 2. The summed E-state index contributed by atoms with van der Waals surface area (Å²) in [7, 11) is 0. The van der Waals surface area contributed by atoms with Crippen molar-refractivity contribution < 1.29 is 13.6 Å². The predicted molar refractivity (Wildman–Crippen MR) is 123 cm³/mol. The van der Waals surface area contributed by atoms with Crippen molar-refractivity contribution >= 4 is 16.7 Å². The largest absolute Gasteiger partial charge is 0.366 e. The lowest BCUT2D eigenvalue weighted by Crippen LogP contribution is -2.27. The van der Waals surface area contributed by atoms with Crippen LogP contribution in [0.3, 0.4) is 0 Å². The number of amides is 1. The van der Waals surface area contributed by atoms with Gasteiger partial charge in [-0.1, -0.05) is 67.9 Å². The van der Waals surface area contributed by atoms with E-state index < -0.39 is 28.8 Å². The number of aromatic nitrogens is 1. The van der Waals surface area contributed by atoms with Crippen molar-refractivity contribution in [3.05, 3.63) is 112 Å². The number of pyridine rings is 1. The summed E-state index contributed by atoms with van der Waals surface area (Å²) in [5.41, 5.74) is 5.86. The van der Waals surface area contributed by atoms with Crippen LogP contribution in [-0.4, -0.2) is 10.5 Å². The molecule has 1 amide bonds. The third-order valence-electron chi connectivity index (χ3n) is 5.12. The molecule has 4 rings (SSSR count). The maximum absolute atomic E-state index is 14.1. The monoisotopic (exact) mass is 434 g/mol. The highest BCUT2D eigenvalue weighted by Crippen LogP contribution is 2.24. The number of halogens is 2. The summed E-state index contributed by atoms with van der Waals surface area (Å²) in [5, 5.41) is 0.519. The number of hydrogen-bond donors (Lipinski definition) is 1. The van der Waals surface area contributed by atoms with Crippen LogP contribution in [0.25, 0.3) is 16.5 Å². The molecule has 164 valence electrons. The van der Waals surface area contributed by atoms with Gasteiger partial charge >= 0.3 is 0 Å². The first-order chi connectivity index (χ1) is 15.4. The van der Waals surface area contributed by atoms with E-state index in [1.54, 1.807) is 18.2 Å². The van der Waals surface area contributed by atoms with Gasteiger partial charge in [-0.05, 0) is 37.1 Å². The highest BCUT2D eigenvalue weighted by molar-refractivity contribution is 6.07. The summed E-state index contributed by atoms with van der Waals surface area (Å²) in [6.07, 6.45) is 2.45. The van der Waals surface area contributed by atoms with Crippen molar-refractivity contribution in [1.29, 1.82) is 0 Å². The molecule has 4 nitrogen and oxygen atoms in total. The Morgan fingerprint density at radius 2 is 1.44 bits per heavy atom. The predicted octanol–water partition coefficient (Wildman–Crippen LogP) is 5.32. The quantitative estimate of drug-likeness (QED) is 0.473. The molecule has 0 saturated heterocycles. The fourth-order valence-electron chi connectivity index (χ4n) is 3.68. The van der Waals surface area contributed by atoms with Gasteiger partial charge in [-0.2, -0.15) is 0 Å². The second-order valence-corrected chi connectivity index (χ2v) is 7.32. The van der Waals surface area contributed by atoms with E-state index in [4.69, 9.17) is 5.73 Å². The SMILES string of the molecule is CCCc1ccccc1.Cc1c(C(N)=O)c2ccccc2c(=O)n1-c1c(F)cccc1F. The lowest BCUT2D eigenvalue weighted by atomic mass is 10.0. The normalized spacial score (nSPS) is 10.5. The van der Waals surface area contributed by atoms with Crippen LogP contribution in [-0.2, 0) is 6.42 Å². The molecule has 2 N–H and O–H groups in total. The van der Waals surface area contributed by atoms with E-state index in [1.165, 1.54) is 37.5 Å². The molecule has 0 saturated carbocycles. The maximum atomic E-state index is 14.1. The summed E-state index contributed by atoms with van der Waals surface area (Å²) >= 11 is 0.